The zero-order valence-corrected chi connectivity index (χ0v) is 14.0. The lowest BCUT2D eigenvalue weighted by molar-refractivity contribution is -0.115. The predicted octanol–water partition coefficient (Wildman–Crippen LogP) is 3.05. The molecule has 0 radical (unpaired) electrons. The quantitative estimate of drug-likeness (QED) is 0.849. The summed E-state index contributed by atoms with van der Waals surface area (Å²) in [5.74, 6) is 0.462. The third kappa shape index (κ3) is 2.18. The average Bonchev–Trinajstić information content (AvgIpc) is 2.94. The van der Waals surface area contributed by atoms with Crippen molar-refractivity contribution < 1.29 is 9.53 Å². The number of rotatable bonds is 2. The molecule has 5 heteroatoms. The smallest absolute Gasteiger partial charge is 0.269 e. The van der Waals surface area contributed by atoms with Crippen molar-refractivity contribution in [3.8, 4) is 11.8 Å². The van der Waals surface area contributed by atoms with Gasteiger partial charge in [0.1, 0.15) is 17.4 Å². The highest BCUT2D eigenvalue weighted by atomic mass is 16.5. The van der Waals surface area contributed by atoms with Crippen LogP contribution in [0.1, 0.15) is 11.6 Å². The van der Waals surface area contributed by atoms with Gasteiger partial charge in [0.05, 0.1) is 19.2 Å². The molecule has 124 valence electrons. The zero-order chi connectivity index (χ0) is 17.6. The van der Waals surface area contributed by atoms with E-state index < -0.39 is 0 Å². The molecular weight excluding hydrogens is 314 g/mol. The highest BCUT2D eigenvalue weighted by molar-refractivity contribution is 6.10. The lowest BCUT2D eigenvalue weighted by atomic mass is 9.94. The molecule has 25 heavy (non-hydrogen) atoms. The Morgan fingerprint density at radius 3 is 2.52 bits per heavy atom. The minimum atomic E-state index is -0.265. The summed E-state index contributed by atoms with van der Waals surface area (Å²) in [5.41, 5.74) is 3.11. The molecule has 2 aliphatic heterocycles. The molecule has 0 bridgehead atoms. The van der Waals surface area contributed by atoms with Crippen LogP contribution in [0.3, 0.4) is 0 Å². The van der Waals surface area contributed by atoms with Gasteiger partial charge >= 0.3 is 0 Å². The summed E-state index contributed by atoms with van der Waals surface area (Å²) in [7, 11) is 3.60. The Morgan fingerprint density at radius 1 is 1.12 bits per heavy atom. The molecular formula is C20H17N3O2. The van der Waals surface area contributed by atoms with Crippen LogP contribution in [-0.2, 0) is 4.79 Å². The average molecular weight is 331 g/mol. The molecule has 0 saturated heterocycles. The number of likely N-dealkylation sites (N-methyl/N-ethyl adjacent to an activating group) is 1. The molecule has 0 aromatic heterocycles. The maximum absolute atomic E-state index is 13.0. The number of fused-ring (bicyclic) bond motifs is 3. The highest BCUT2D eigenvalue weighted by Gasteiger charge is 2.45. The topological polar surface area (TPSA) is 56.6 Å². The number of hydrogen-bond donors (Lipinski definition) is 0. The number of amides is 1. The highest BCUT2D eigenvalue weighted by Crippen LogP contribution is 2.46. The Morgan fingerprint density at radius 2 is 1.84 bits per heavy atom. The van der Waals surface area contributed by atoms with E-state index in [1.807, 2.05) is 55.6 Å². The first-order valence-electron chi connectivity index (χ1n) is 8.07. The number of hydrogen-bond acceptors (Lipinski definition) is 4. The molecule has 2 aromatic carbocycles. The molecule has 0 spiro atoms. The monoisotopic (exact) mass is 331 g/mol. The van der Waals surface area contributed by atoms with Crippen LogP contribution in [0.2, 0.25) is 0 Å². The fraction of sp³-hybridized carbons (Fsp3) is 0.200. The van der Waals surface area contributed by atoms with E-state index in [1.54, 1.807) is 18.1 Å². The van der Waals surface area contributed by atoms with Crippen LogP contribution in [0.4, 0.5) is 11.4 Å². The normalized spacial score (nSPS) is 21.3. The van der Waals surface area contributed by atoms with E-state index >= 15 is 0 Å². The first kappa shape index (κ1) is 15.3. The van der Waals surface area contributed by atoms with Crippen molar-refractivity contribution in [1.82, 2.24) is 0 Å². The first-order valence-corrected chi connectivity index (χ1v) is 8.07. The first-order chi connectivity index (χ1) is 12.2. The van der Waals surface area contributed by atoms with E-state index in [0.29, 0.717) is 0 Å². The van der Waals surface area contributed by atoms with Crippen LogP contribution < -0.4 is 14.5 Å². The van der Waals surface area contributed by atoms with Crippen LogP contribution in [0.15, 0.2) is 60.2 Å². The molecule has 1 amide bonds. The summed E-state index contributed by atoms with van der Waals surface area (Å²) in [6, 6.07) is 17.3. The Bertz CT molecular complexity index is 911. The van der Waals surface area contributed by atoms with Crippen molar-refractivity contribution in [2.45, 2.75) is 12.1 Å². The van der Waals surface area contributed by atoms with E-state index in [2.05, 4.69) is 11.0 Å². The summed E-state index contributed by atoms with van der Waals surface area (Å²) in [6.07, 6.45) is 1.78. The van der Waals surface area contributed by atoms with Gasteiger partial charge in [-0.2, -0.15) is 5.26 Å². The number of carbonyl (C=O) groups is 1. The van der Waals surface area contributed by atoms with E-state index in [-0.39, 0.29) is 23.6 Å². The summed E-state index contributed by atoms with van der Waals surface area (Å²) in [6.45, 7) is 0. The van der Waals surface area contributed by atoms with Gasteiger partial charge in [-0.3, -0.25) is 9.69 Å². The summed E-state index contributed by atoms with van der Waals surface area (Å²) >= 11 is 0. The summed E-state index contributed by atoms with van der Waals surface area (Å²) < 4.78 is 5.21. The molecule has 5 nitrogen and oxygen atoms in total. The summed E-state index contributed by atoms with van der Waals surface area (Å²) in [4.78, 5) is 16.8. The van der Waals surface area contributed by atoms with E-state index in [1.165, 1.54) is 0 Å². The van der Waals surface area contributed by atoms with Crippen LogP contribution >= 0.6 is 0 Å². The van der Waals surface area contributed by atoms with Crippen molar-refractivity contribution in [3.05, 3.63) is 65.7 Å². The number of ether oxygens (including phenoxy) is 1. The second-order valence-corrected chi connectivity index (χ2v) is 6.17. The minimum absolute atomic E-state index is 0.0631. The number of carbonyl (C=O) groups excluding carboxylic acids is 1. The van der Waals surface area contributed by atoms with Gasteiger partial charge < -0.3 is 9.64 Å². The molecule has 2 heterocycles. The van der Waals surface area contributed by atoms with Crippen molar-refractivity contribution >= 4 is 17.3 Å². The second kappa shape index (κ2) is 5.67. The van der Waals surface area contributed by atoms with Gasteiger partial charge in [0.2, 0.25) is 0 Å². The van der Waals surface area contributed by atoms with Crippen LogP contribution in [0.5, 0.6) is 5.75 Å². The van der Waals surface area contributed by atoms with Gasteiger partial charge in [-0.15, -0.1) is 0 Å². The van der Waals surface area contributed by atoms with Gasteiger partial charge in [0.15, 0.2) is 0 Å². The Balaban J connectivity index is 1.88. The molecule has 0 aliphatic carbocycles. The fourth-order valence-electron chi connectivity index (χ4n) is 3.71. The second-order valence-electron chi connectivity index (χ2n) is 6.17. The SMILES string of the molecule is COc1ccc(N2C(=O)C(C#N)=CC3C2c2ccccc2N3C)cc1. The number of anilines is 2. The van der Waals surface area contributed by atoms with E-state index in [0.717, 1.165) is 22.7 Å². The standard InChI is InChI=1S/C20H17N3O2/c1-22-17-6-4-3-5-16(17)19-18(22)11-13(12-21)20(24)23(19)14-7-9-15(25-2)10-8-14/h3-11,18-19H,1-2H3. The van der Waals surface area contributed by atoms with Crippen molar-refractivity contribution in [2.75, 3.05) is 24.0 Å². The van der Waals surface area contributed by atoms with Gasteiger partial charge in [-0.05, 0) is 36.4 Å². The summed E-state index contributed by atoms with van der Waals surface area (Å²) in [5, 5.41) is 9.43. The van der Waals surface area contributed by atoms with Crippen LogP contribution in [0.25, 0.3) is 0 Å². The lowest BCUT2D eigenvalue weighted by Gasteiger charge is -2.37. The number of nitrogens with zero attached hydrogens (tertiary/aromatic N) is 3. The molecule has 2 unspecified atom stereocenters. The molecule has 0 fully saturated rings. The van der Waals surface area contributed by atoms with E-state index in [9.17, 15) is 10.1 Å². The van der Waals surface area contributed by atoms with Crippen molar-refractivity contribution in [3.63, 3.8) is 0 Å². The Hall–Kier alpha value is -3.26. The Kier molecular flexibility index (Phi) is 3.47. The maximum atomic E-state index is 13.0. The third-order valence-electron chi connectivity index (χ3n) is 4.94. The third-order valence-corrected chi connectivity index (χ3v) is 4.94. The molecule has 0 N–H and O–H groups in total. The number of nitriles is 1. The van der Waals surface area contributed by atoms with Crippen LogP contribution in [-0.4, -0.2) is 26.1 Å². The molecule has 0 saturated carbocycles. The number of benzene rings is 2. The van der Waals surface area contributed by atoms with Gasteiger partial charge in [-0.1, -0.05) is 18.2 Å². The predicted molar refractivity (Wildman–Crippen MR) is 95.6 cm³/mol. The van der Waals surface area contributed by atoms with Gasteiger partial charge in [0, 0.05) is 24.0 Å². The molecule has 4 rings (SSSR count). The zero-order valence-electron chi connectivity index (χ0n) is 14.0. The number of methoxy groups -OCH3 is 1. The maximum Gasteiger partial charge on any atom is 0.269 e. The largest absolute Gasteiger partial charge is 0.497 e. The van der Waals surface area contributed by atoms with Crippen molar-refractivity contribution in [2.24, 2.45) is 0 Å². The Labute approximate surface area is 146 Å². The van der Waals surface area contributed by atoms with E-state index in [4.69, 9.17) is 4.74 Å². The molecule has 2 aliphatic rings. The van der Waals surface area contributed by atoms with Crippen LogP contribution in [0, 0.1) is 11.3 Å². The van der Waals surface area contributed by atoms with Crippen molar-refractivity contribution in [1.29, 1.82) is 5.26 Å². The van der Waals surface area contributed by atoms with Gasteiger partial charge in [-0.25, -0.2) is 0 Å². The lowest BCUT2D eigenvalue weighted by Crippen LogP contribution is -2.46. The molecule has 2 atom stereocenters. The van der Waals surface area contributed by atoms with Gasteiger partial charge in [0.25, 0.3) is 5.91 Å². The fourth-order valence-corrected chi connectivity index (χ4v) is 3.71. The molecule has 2 aromatic rings. The number of para-hydroxylation sites is 1. The minimum Gasteiger partial charge on any atom is -0.497 e.